The van der Waals surface area contributed by atoms with E-state index in [1.807, 2.05) is 0 Å². The molecule has 22 heteroatoms. The van der Waals surface area contributed by atoms with Crippen molar-refractivity contribution in [1.82, 2.24) is 5.09 Å². The van der Waals surface area contributed by atoms with Crippen molar-refractivity contribution >= 4 is 21.0 Å². The Morgan fingerprint density at radius 2 is 0.935 bits per heavy atom. The van der Waals surface area contributed by atoms with Gasteiger partial charge in [0.2, 0.25) is 0 Å². The number of alkyl halides is 12. The Labute approximate surface area is 163 Å². The molecule has 0 unspecified atom stereocenters. The summed E-state index contributed by atoms with van der Waals surface area (Å²) in [5, 5.41) is 0.640. The smallest absolute Gasteiger partial charge is 0.296 e. The highest BCUT2D eigenvalue weighted by Crippen LogP contribution is 2.60. The maximum absolute atomic E-state index is 12.6. The quantitative estimate of drug-likeness (QED) is 0.334. The number of rotatable bonds is 8. The minimum atomic E-state index is -7.39. The zero-order valence-electron chi connectivity index (χ0n) is 14.4. The summed E-state index contributed by atoms with van der Waals surface area (Å²) in [5.41, 5.74) is -3.16. The Morgan fingerprint density at radius 3 is 1.13 bits per heavy atom. The highest BCUT2D eigenvalue weighted by Gasteiger charge is 2.66. The van der Waals surface area contributed by atoms with Crippen LogP contribution in [0.3, 0.4) is 0 Å². The van der Waals surface area contributed by atoms with E-state index in [0.717, 1.165) is 0 Å². The van der Waals surface area contributed by atoms with Crippen molar-refractivity contribution in [3.05, 3.63) is 0 Å². The van der Waals surface area contributed by atoms with Crippen LogP contribution in [0, 0.1) is 0 Å². The van der Waals surface area contributed by atoms with Crippen LogP contribution in [0.4, 0.5) is 57.5 Å². The third-order valence-electron chi connectivity index (χ3n) is 2.64. The molecule has 0 spiro atoms. The molecule has 0 saturated heterocycles. The van der Waals surface area contributed by atoms with E-state index in [2.05, 4.69) is 18.1 Å². The molecular formula is C9H9F12NO7P2. The van der Waals surface area contributed by atoms with Crippen molar-refractivity contribution in [1.29, 1.82) is 0 Å². The molecule has 0 aromatic heterocycles. The number of nitrogens with one attached hydrogen (secondary N) is 1. The molecule has 1 amide bonds. The van der Waals surface area contributed by atoms with Gasteiger partial charge >= 0.3 is 45.7 Å². The summed E-state index contributed by atoms with van der Waals surface area (Å²) in [6.07, 6.45) is -37.3. The van der Waals surface area contributed by atoms with Crippen molar-refractivity contribution in [3.63, 3.8) is 0 Å². The molecule has 0 aromatic carbocycles. The lowest BCUT2D eigenvalue weighted by Gasteiger charge is -2.30. The minimum Gasteiger partial charge on any atom is -0.296 e. The van der Waals surface area contributed by atoms with Crippen LogP contribution in [0.25, 0.3) is 0 Å². The molecule has 0 fully saturated rings. The molecule has 1 N–H and O–H groups in total. The van der Waals surface area contributed by atoms with Crippen LogP contribution in [0.2, 0.25) is 0 Å². The van der Waals surface area contributed by atoms with Crippen LogP contribution in [0.5, 0.6) is 0 Å². The molecule has 0 aliphatic rings. The molecule has 8 nitrogen and oxygen atoms in total. The van der Waals surface area contributed by atoms with Gasteiger partial charge in [0.1, 0.15) is 0 Å². The Bertz CT molecular complexity index is 656. The summed E-state index contributed by atoms with van der Waals surface area (Å²) in [6.45, 7) is 0. The third kappa shape index (κ3) is 8.42. The van der Waals surface area contributed by atoms with Crippen LogP contribution in [-0.4, -0.2) is 56.8 Å². The molecule has 0 radical (unpaired) electrons. The first-order chi connectivity index (χ1) is 13.4. The predicted molar refractivity (Wildman–Crippen MR) is 71.7 cm³/mol. The molecule has 0 aliphatic carbocycles. The topological polar surface area (TPSA) is 100 Å². The molecule has 0 rings (SSSR count). The first kappa shape index (κ1) is 29.9. The first-order valence-corrected chi connectivity index (χ1v) is 9.79. The summed E-state index contributed by atoms with van der Waals surface area (Å²) in [4.78, 5) is 11.8. The third-order valence-corrected chi connectivity index (χ3v) is 5.84. The van der Waals surface area contributed by atoms with Gasteiger partial charge in [-0.2, -0.15) is 52.7 Å². The number of hydrogen-bond donors (Lipinski definition) is 1. The van der Waals surface area contributed by atoms with Crippen molar-refractivity contribution in [2.45, 2.75) is 36.9 Å². The number of halogens is 12. The molecule has 0 aliphatic heterocycles. The molecule has 186 valence electrons. The molecule has 0 atom stereocenters. The molecular weight excluding hydrogens is 524 g/mol. The lowest BCUT2D eigenvalue weighted by atomic mass is 10.3. The maximum atomic E-state index is 12.6. The lowest BCUT2D eigenvalue weighted by Crippen LogP contribution is -2.47. The molecule has 31 heavy (non-hydrogen) atoms. The zero-order valence-corrected chi connectivity index (χ0v) is 16.2. The van der Waals surface area contributed by atoms with Crippen molar-refractivity contribution in [3.8, 4) is 0 Å². The van der Waals surface area contributed by atoms with E-state index < -0.39 is 57.9 Å². The van der Waals surface area contributed by atoms with Gasteiger partial charge in [0, 0.05) is 14.2 Å². The van der Waals surface area contributed by atoms with Gasteiger partial charge in [0.25, 0.3) is 12.2 Å². The summed E-state index contributed by atoms with van der Waals surface area (Å²) < 4.78 is 188. The van der Waals surface area contributed by atoms with Gasteiger partial charge in [-0.3, -0.25) is 28.0 Å². The standard InChI is InChI=1S/C9H9F12NO7P2/c1-26-31(25,27-2)22-5(23)30(24,28-3(6(10,11)12)7(13,14)15)29-4(8(16,17)18)9(19,20)21/h3-4H,1-2H3,(H,22,23,25). The lowest BCUT2D eigenvalue weighted by molar-refractivity contribution is -0.313. The van der Waals surface area contributed by atoms with Gasteiger partial charge in [0.15, 0.2) is 0 Å². The normalized spacial score (nSPS) is 15.0. The van der Waals surface area contributed by atoms with Gasteiger partial charge in [-0.1, -0.05) is 0 Å². The number of amides is 1. The molecule has 0 heterocycles. The summed E-state index contributed by atoms with van der Waals surface area (Å²) in [7, 11) is -11.7. The van der Waals surface area contributed by atoms with Crippen molar-refractivity contribution in [2.75, 3.05) is 14.2 Å². The van der Waals surface area contributed by atoms with Crippen LogP contribution >= 0.6 is 15.3 Å². The first-order valence-electron chi connectivity index (χ1n) is 6.71. The Kier molecular flexibility index (Phi) is 9.10. The monoisotopic (exact) mass is 533 g/mol. The van der Waals surface area contributed by atoms with Gasteiger partial charge in [0.05, 0.1) is 0 Å². The second-order valence-electron chi connectivity index (χ2n) is 4.91. The van der Waals surface area contributed by atoms with Crippen molar-refractivity contribution in [2.24, 2.45) is 0 Å². The van der Waals surface area contributed by atoms with E-state index in [4.69, 9.17) is 0 Å². The Hall–Kier alpha value is -1.07. The maximum Gasteiger partial charge on any atom is 0.434 e. The fourth-order valence-corrected chi connectivity index (χ4v) is 4.05. The highest BCUT2D eigenvalue weighted by atomic mass is 31.2. The average Bonchev–Trinajstić information content (AvgIpc) is 2.53. The average molecular weight is 533 g/mol. The van der Waals surface area contributed by atoms with E-state index in [9.17, 15) is 66.6 Å². The van der Waals surface area contributed by atoms with Gasteiger partial charge in [-0.25, -0.2) is 9.13 Å². The van der Waals surface area contributed by atoms with Gasteiger partial charge in [-0.15, -0.1) is 0 Å². The molecule has 0 aromatic rings. The highest BCUT2D eigenvalue weighted by molar-refractivity contribution is 7.73. The number of carbonyl (C=O) groups is 1. The minimum absolute atomic E-state index is 0.402. The van der Waals surface area contributed by atoms with Gasteiger partial charge in [-0.05, 0) is 0 Å². The summed E-state index contributed by atoms with van der Waals surface area (Å²) in [5.74, 6) is 0. The van der Waals surface area contributed by atoms with E-state index in [1.54, 1.807) is 0 Å². The Morgan fingerprint density at radius 1 is 0.677 bits per heavy atom. The van der Waals surface area contributed by atoms with Crippen LogP contribution in [0.1, 0.15) is 0 Å². The van der Waals surface area contributed by atoms with E-state index in [-0.39, 0.29) is 0 Å². The predicted octanol–water partition coefficient (Wildman–Crippen LogP) is 5.31. The molecule has 0 saturated carbocycles. The fraction of sp³-hybridized carbons (Fsp3) is 0.889. The number of hydrogen-bond acceptors (Lipinski definition) is 7. The second kappa shape index (κ2) is 9.43. The van der Waals surface area contributed by atoms with Crippen molar-refractivity contribution < 1.29 is 84.7 Å². The summed E-state index contributed by atoms with van der Waals surface area (Å²) in [6, 6.07) is 0. The fourth-order valence-electron chi connectivity index (χ4n) is 1.35. The largest absolute Gasteiger partial charge is 0.434 e. The number of carbonyl (C=O) groups excluding carboxylic acids is 1. The SMILES string of the molecule is COP(=O)(NC(=O)P(=O)(OC(C(F)(F)F)C(F)(F)F)OC(C(F)(F)F)C(F)(F)F)OC. The van der Waals surface area contributed by atoms with Crippen LogP contribution < -0.4 is 5.09 Å². The summed E-state index contributed by atoms with van der Waals surface area (Å²) >= 11 is 0. The zero-order chi connectivity index (χ0) is 25.3. The van der Waals surface area contributed by atoms with E-state index in [0.29, 0.717) is 19.3 Å². The molecule has 0 bridgehead atoms. The van der Waals surface area contributed by atoms with E-state index in [1.165, 1.54) is 0 Å². The van der Waals surface area contributed by atoms with E-state index >= 15 is 0 Å². The Balaban J connectivity index is 6.58. The van der Waals surface area contributed by atoms with Crippen LogP contribution in [0.15, 0.2) is 0 Å². The van der Waals surface area contributed by atoms with Crippen LogP contribution in [-0.2, 0) is 27.2 Å². The van der Waals surface area contributed by atoms with Gasteiger partial charge < -0.3 is 0 Å². The second-order valence-corrected chi connectivity index (χ2v) is 8.69.